The zero-order valence-corrected chi connectivity index (χ0v) is 18.0. The molecule has 0 bridgehead atoms. The van der Waals surface area contributed by atoms with Gasteiger partial charge in [0.15, 0.2) is 17.6 Å². The lowest BCUT2D eigenvalue weighted by Crippen LogP contribution is -2.06. The molecule has 0 radical (unpaired) electrons. The van der Waals surface area contributed by atoms with Crippen molar-refractivity contribution in [3.8, 4) is 28.7 Å². The highest BCUT2D eigenvalue weighted by molar-refractivity contribution is 5.87. The van der Waals surface area contributed by atoms with Crippen molar-refractivity contribution in [1.82, 2.24) is 10.2 Å². The van der Waals surface area contributed by atoms with Gasteiger partial charge in [-0.3, -0.25) is 0 Å². The molecule has 31 heavy (non-hydrogen) atoms. The first-order chi connectivity index (χ1) is 14.9. The molecule has 0 fully saturated rings. The molecule has 0 aliphatic rings. The minimum Gasteiger partial charge on any atom is -0.493 e. The minimum atomic E-state index is -0.705. The third-order valence-electron chi connectivity index (χ3n) is 4.48. The molecule has 1 aromatic heterocycles. The summed E-state index contributed by atoms with van der Waals surface area (Å²) in [6.07, 6.45) is 2.18. The number of carbonyl (C=O) groups is 1. The van der Waals surface area contributed by atoms with Gasteiger partial charge in [-0.1, -0.05) is 17.7 Å². The van der Waals surface area contributed by atoms with Crippen LogP contribution in [0.15, 0.2) is 46.9 Å². The number of methoxy groups -OCH3 is 3. The van der Waals surface area contributed by atoms with Gasteiger partial charge in [-0.2, -0.15) is 0 Å². The van der Waals surface area contributed by atoms with Crippen LogP contribution in [0, 0.1) is 6.92 Å². The summed E-state index contributed by atoms with van der Waals surface area (Å²) >= 11 is 0. The van der Waals surface area contributed by atoms with E-state index in [2.05, 4.69) is 10.2 Å². The third kappa shape index (κ3) is 5.22. The lowest BCUT2D eigenvalue weighted by atomic mass is 10.1. The van der Waals surface area contributed by atoms with Gasteiger partial charge in [0.05, 0.1) is 21.3 Å². The standard InChI is InChI=1S/C23H24N2O6/c1-14-6-9-17(10-7-14)23-25-24-22(31-23)15(2)30-20(26)11-8-16-12-18(27-3)21(29-5)19(13-16)28-4/h6-13,15H,1-5H3/b11-8+. The maximum Gasteiger partial charge on any atom is 0.331 e. The number of carbonyl (C=O) groups excluding carboxylic acids is 1. The molecule has 0 N–H and O–H groups in total. The number of hydrogen-bond acceptors (Lipinski definition) is 8. The highest BCUT2D eigenvalue weighted by atomic mass is 16.6. The molecule has 0 saturated carbocycles. The molecule has 1 atom stereocenters. The highest BCUT2D eigenvalue weighted by Crippen LogP contribution is 2.38. The fourth-order valence-corrected chi connectivity index (χ4v) is 2.84. The SMILES string of the molecule is COc1cc(/C=C/C(=O)OC(C)c2nnc(-c3ccc(C)cc3)o2)cc(OC)c1OC. The van der Waals surface area contributed by atoms with E-state index in [-0.39, 0.29) is 5.89 Å². The summed E-state index contributed by atoms with van der Waals surface area (Å²) in [5.74, 6) is 1.46. The van der Waals surface area contributed by atoms with Gasteiger partial charge in [-0.15, -0.1) is 10.2 Å². The Hall–Kier alpha value is -3.81. The van der Waals surface area contributed by atoms with Crippen molar-refractivity contribution >= 4 is 12.0 Å². The van der Waals surface area contributed by atoms with Crippen LogP contribution in [-0.2, 0) is 9.53 Å². The Kier molecular flexibility index (Phi) is 6.92. The first-order valence-corrected chi connectivity index (χ1v) is 9.54. The lowest BCUT2D eigenvalue weighted by Gasteiger charge is -2.12. The summed E-state index contributed by atoms with van der Waals surface area (Å²) < 4.78 is 26.9. The van der Waals surface area contributed by atoms with Gasteiger partial charge < -0.3 is 23.4 Å². The van der Waals surface area contributed by atoms with Crippen LogP contribution in [0.5, 0.6) is 17.2 Å². The Morgan fingerprint density at radius 2 is 1.65 bits per heavy atom. The molecule has 1 unspecified atom stereocenters. The highest BCUT2D eigenvalue weighted by Gasteiger charge is 2.18. The number of rotatable bonds is 8. The van der Waals surface area contributed by atoms with E-state index in [9.17, 15) is 4.79 Å². The van der Waals surface area contributed by atoms with Gasteiger partial charge in [-0.25, -0.2) is 4.79 Å². The Morgan fingerprint density at radius 1 is 1.00 bits per heavy atom. The summed E-state index contributed by atoms with van der Waals surface area (Å²) in [5, 5.41) is 8.01. The van der Waals surface area contributed by atoms with E-state index in [1.54, 1.807) is 25.1 Å². The Morgan fingerprint density at radius 3 is 2.23 bits per heavy atom. The molecule has 1 heterocycles. The number of hydrogen-bond donors (Lipinski definition) is 0. The molecular weight excluding hydrogens is 400 g/mol. The average Bonchev–Trinajstić information content (AvgIpc) is 3.27. The average molecular weight is 424 g/mol. The topological polar surface area (TPSA) is 92.9 Å². The number of ether oxygens (including phenoxy) is 4. The zero-order chi connectivity index (χ0) is 22.4. The van der Waals surface area contributed by atoms with Crippen LogP contribution in [0.1, 0.15) is 30.0 Å². The summed E-state index contributed by atoms with van der Waals surface area (Å²) in [7, 11) is 4.57. The molecule has 0 aliphatic carbocycles. The summed E-state index contributed by atoms with van der Waals surface area (Å²) in [6, 6.07) is 11.1. The molecule has 3 aromatic rings. The van der Waals surface area contributed by atoms with Crippen LogP contribution in [0.4, 0.5) is 0 Å². The molecule has 0 saturated heterocycles. The predicted octanol–water partition coefficient (Wildman–Crippen LogP) is 4.39. The predicted molar refractivity (Wildman–Crippen MR) is 114 cm³/mol. The fraction of sp³-hybridized carbons (Fsp3) is 0.261. The second-order valence-electron chi connectivity index (χ2n) is 6.68. The first kappa shape index (κ1) is 21.9. The van der Waals surface area contributed by atoms with E-state index < -0.39 is 12.1 Å². The molecule has 8 heteroatoms. The van der Waals surface area contributed by atoms with Crippen molar-refractivity contribution in [1.29, 1.82) is 0 Å². The van der Waals surface area contributed by atoms with Gasteiger partial charge in [0, 0.05) is 11.6 Å². The Labute approximate surface area is 180 Å². The summed E-state index contributed by atoms with van der Waals surface area (Å²) in [5.41, 5.74) is 2.60. The Bertz CT molecular complexity index is 1050. The normalized spacial score (nSPS) is 11.9. The smallest absolute Gasteiger partial charge is 0.331 e. The van der Waals surface area contributed by atoms with E-state index in [1.807, 2.05) is 31.2 Å². The van der Waals surface area contributed by atoms with Gasteiger partial charge in [0.2, 0.25) is 11.6 Å². The van der Waals surface area contributed by atoms with Crippen molar-refractivity contribution in [2.24, 2.45) is 0 Å². The van der Waals surface area contributed by atoms with Gasteiger partial charge in [-0.05, 0) is 49.8 Å². The molecule has 0 spiro atoms. The summed E-state index contributed by atoms with van der Waals surface area (Å²) in [4.78, 5) is 12.3. The van der Waals surface area contributed by atoms with E-state index in [0.717, 1.165) is 11.1 Å². The van der Waals surface area contributed by atoms with E-state index in [4.69, 9.17) is 23.4 Å². The minimum absolute atomic E-state index is 0.213. The Balaban J connectivity index is 1.68. The number of benzene rings is 2. The fourth-order valence-electron chi connectivity index (χ4n) is 2.84. The summed E-state index contributed by atoms with van der Waals surface area (Å²) in [6.45, 7) is 3.66. The van der Waals surface area contributed by atoms with Gasteiger partial charge in [0.1, 0.15) is 0 Å². The molecule has 162 valence electrons. The number of nitrogens with zero attached hydrogens (tertiary/aromatic N) is 2. The number of aryl methyl sites for hydroxylation is 1. The zero-order valence-electron chi connectivity index (χ0n) is 18.0. The second-order valence-corrected chi connectivity index (χ2v) is 6.68. The quantitative estimate of drug-likeness (QED) is 0.388. The van der Waals surface area contributed by atoms with Crippen molar-refractivity contribution < 1.29 is 28.2 Å². The van der Waals surface area contributed by atoms with Gasteiger partial charge >= 0.3 is 5.97 Å². The molecular formula is C23H24N2O6. The van der Waals surface area contributed by atoms with Crippen LogP contribution < -0.4 is 14.2 Å². The largest absolute Gasteiger partial charge is 0.493 e. The maximum absolute atomic E-state index is 12.3. The van der Waals surface area contributed by atoms with Gasteiger partial charge in [0.25, 0.3) is 5.89 Å². The molecule has 3 rings (SSSR count). The second kappa shape index (κ2) is 9.80. The number of esters is 1. The van der Waals surface area contributed by atoms with Crippen molar-refractivity contribution in [3.05, 3.63) is 59.5 Å². The molecule has 0 amide bonds. The third-order valence-corrected chi connectivity index (χ3v) is 4.48. The van der Waals surface area contributed by atoms with Crippen molar-refractivity contribution in [2.75, 3.05) is 21.3 Å². The molecule has 0 aliphatic heterocycles. The van der Waals surface area contributed by atoms with E-state index in [1.165, 1.54) is 27.4 Å². The van der Waals surface area contributed by atoms with Crippen LogP contribution in [0.3, 0.4) is 0 Å². The van der Waals surface area contributed by atoms with E-state index >= 15 is 0 Å². The number of aromatic nitrogens is 2. The lowest BCUT2D eigenvalue weighted by molar-refractivity contribution is -0.143. The first-order valence-electron chi connectivity index (χ1n) is 9.54. The molecule has 8 nitrogen and oxygen atoms in total. The maximum atomic E-state index is 12.3. The molecule has 2 aromatic carbocycles. The van der Waals surface area contributed by atoms with Crippen molar-refractivity contribution in [2.45, 2.75) is 20.0 Å². The monoisotopic (exact) mass is 424 g/mol. The van der Waals surface area contributed by atoms with Crippen LogP contribution >= 0.6 is 0 Å². The van der Waals surface area contributed by atoms with Crippen LogP contribution in [-0.4, -0.2) is 37.5 Å². The van der Waals surface area contributed by atoms with Crippen molar-refractivity contribution in [3.63, 3.8) is 0 Å². The van der Waals surface area contributed by atoms with E-state index in [0.29, 0.717) is 28.7 Å². The van der Waals surface area contributed by atoms with Crippen LogP contribution in [0.25, 0.3) is 17.5 Å². The van der Waals surface area contributed by atoms with Crippen LogP contribution in [0.2, 0.25) is 0 Å².